The number of halogens is 1. The fourth-order valence-electron chi connectivity index (χ4n) is 1.59. The third-order valence-electron chi connectivity index (χ3n) is 2.67. The number of oxime groups is 1. The van der Waals surface area contributed by atoms with Crippen LogP contribution in [0.25, 0.3) is 0 Å². The SMILES string of the molecule is O=C(CO/N=C\c1ccccc1)NCc1ccc(Cl)cc1. The molecule has 0 aliphatic rings. The molecule has 0 spiro atoms. The second kappa shape index (κ2) is 8.07. The molecule has 5 heteroatoms. The Labute approximate surface area is 128 Å². The first-order valence-electron chi connectivity index (χ1n) is 6.45. The van der Waals surface area contributed by atoms with Crippen molar-refractivity contribution in [3.8, 4) is 0 Å². The molecule has 0 saturated heterocycles. The van der Waals surface area contributed by atoms with E-state index < -0.39 is 0 Å². The average molecular weight is 303 g/mol. The van der Waals surface area contributed by atoms with E-state index in [1.54, 1.807) is 18.3 Å². The van der Waals surface area contributed by atoms with E-state index in [0.29, 0.717) is 11.6 Å². The molecule has 0 bridgehead atoms. The Morgan fingerprint density at radius 2 is 1.86 bits per heavy atom. The van der Waals surface area contributed by atoms with Gasteiger partial charge in [0.1, 0.15) is 0 Å². The van der Waals surface area contributed by atoms with Gasteiger partial charge in [0, 0.05) is 11.6 Å². The van der Waals surface area contributed by atoms with Crippen LogP contribution in [0.2, 0.25) is 5.02 Å². The van der Waals surface area contributed by atoms with Crippen LogP contribution >= 0.6 is 11.6 Å². The summed E-state index contributed by atoms with van der Waals surface area (Å²) >= 11 is 5.79. The van der Waals surface area contributed by atoms with Crippen molar-refractivity contribution in [2.24, 2.45) is 5.16 Å². The minimum atomic E-state index is -0.227. The standard InChI is InChI=1S/C16H15ClN2O2/c17-15-8-6-14(7-9-15)10-18-16(20)12-21-19-11-13-4-2-1-3-5-13/h1-9,11H,10,12H2,(H,18,20)/b19-11-. The summed E-state index contributed by atoms with van der Waals surface area (Å²) in [7, 11) is 0. The van der Waals surface area contributed by atoms with Crippen molar-refractivity contribution in [1.29, 1.82) is 0 Å². The molecule has 2 rings (SSSR count). The van der Waals surface area contributed by atoms with Gasteiger partial charge in [-0.25, -0.2) is 0 Å². The van der Waals surface area contributed by atoms with Crippen LogP contribution in [-0.2, 0) is 16.2 Å². The van der Waals surface area contributed by atoms with E-state index in [9.17, 15) is 4.79 Å². The second-order valence-corrected chi connectivity index (χ2v) is 4.76. The fraction of sp³-hybridized carbons (Fsp3) is 0.125. The first-order valence-corrected chi connectivity index (χ1v) is 6.83. The molecule has 0 heterocycles. The number of carbonyl (C=O) groups excluding carboxylic acids is 1. The highest BCUT2D eigenvalue weighted by Gasteiger charge is 2.01. The van der Waals surface area contributed by atoms with E-state index in [1.165, 1.54) is 0 Å². The van der Waals surface area contributed by atoms with E-state index in [1.807, 2.05) is 42.5 Å². The molecule has 0 atom stereocenters. The highest BCUT2D eigenvalue weighted by molar-refractivity contribution is 6.30. The van der Waals surface area contributed by atoms with Gasteiger partial charge in [-0.1, -0.05) is 59.2 Å². The van der Waals surface area contributed by atoms with Crippen molar-refractivity contribution in [2.45, 2.75) is 6.54 Å². The number of amides is 1. The molecule has 2 aromatic rings. The predicted molar refractivity (Wildman–Crippen MR) is 83.3 cm³/mol. The summed E-state index contributed by atoms with van der Waals surface area (Å²) in [5.74, 6) is -0.227. The van der Waals surface area contributed by atoms with Crippen molar-refractivity contribution in [3.63, 3.8) is 0 Å². The zero-order chi connectivity index (χ0) is 14.9. The smallest absolute Gasteiger partial charge is 0.261 e. The Kier molecular flexibility index (Phi) is 5.79. The average Bonchev–Trinajstić information content (AvgIpc) is 2.52. The molecule has 0 aromatic heterocycles. The van der Waals surface area contributed by atoms with Gasteiger partial charge in [-0.15, -0.1) is 0 Å². The molecule has 0 aliphatic heterocycles. The van der Waals surface area contributed by atoms with Crippen molar-refractivity contribution in [2.75, 3.05) is 6.61 Å². The van der Waals surface area contributed by atoms with Crippen LogP contribution in [0.4, 0.5) is 0 Å². The van der Waals surface area contributed by atoms with Gasteiger partial charge in [0.15, 0.2) is 6.61 Å². The van der Waals surface area contributed by atoms with Gasteiger partial charge in [-0.2, -0.15) is 0 Å². The summed E-state index contributed by atoms with van der Waals surface area (Å²) in [6, 6.07) is 16.8. The lowest BCUT2D eigenvalue weighted by Crippen LogP contribution is -2.26. The number of nitrogens with zero attached hydrogens (tertiary/aromatic N) is 1. The number of rotatable bonds is 6. The molecule has 0 fully saturated rings. The maximum Gasteiger partial charge on any atom is 0.261 e. The van der Waals surface area contributed by atoms with E-state index in [4.69, 9.17) is 16.4 Å². The molecule has 0 saturated carbocycles. The highest BCUT2D eigenvalue weighted by atomic mass is 35.5. The van der Waals surface area contributed by atoms with Gasteiger partial charge in [0.25, 0.3) is 5.91 Å². The van der Waals surface area contributed by atoms with Gasteiger partial charge >= 0.3 is 0 Å². The number of hydrogen-bond acceptors (Lipinski definition) is 3. The maximum atomic E-state index is 11.6. The highest BCUT2D eigenvalue weighted by Crippen LogP contribution is 2.08. The number of nitrogens with one attached hydrogen (secondary N) is 1. The fourth-order valence-corrected chi connectivity index (χ4v) is 1.71. The summed E-state index contributed by atoms with van der Waals surface area (Å²) in [6.45, 7) is 0.318. The lowest BCUT2D eigenvalue weighted by atomic mass is 10.2. The van der Waals surface area contributed by atoms with Crippen LogP contribution < -0.4 is 5.32 Å². The maximum absolute atomic E-state index is 11.6. The van der Waals surface area contributed by atoms with Gasteiger partial charge < -0.3 is 10.2 Å². The Morgan fingerprint density at radius 3 is 2.57 bits per heavy atom. The van der Waals surface area contributed by atoms with Crippen molar-refractivity contribution in [3.05, 3.63) is 70.7 Å². The van der Waals surface area contributed by atoms with Crippen LogP contribution in [-0.4, -0.2) is 18.7 Å². The summed E-state index contributed by atoms with van der Waals surface area (Å²) in [5, 5.41) is 7.15. The molecule has 4 nitrogen and oxygen atoms in total. The summed E-state index contributed by atoms with van der Waals surface area (Å²) in [6.07, 6.45) is 1.56. The minimum absolute atomic E-state index is 0.114. The largest absolute Gasteiger partial charge is 0.386 e. The molecule has 1 N–H and O–H groups in total. The molecule has 21 heavy (non-hydrogen) atoms. The second-order valence-electron chi connectivity index (χ2n) is 4.32. The Hall–Kier alpha value is -2.33. The zero-order valence-corrected chi connectivity index (χ0v) is 12.1. The van der Waals surface area contributed by atoms with Crippen LogP contribution in [0.5, 0.6) is 0 Å². The summed E-state index contributed by atoms with van der Waals surface area (Å²) in [5.41, 5.74) is 1.89. The lowest BCUT2D eigenvalue weighted by Gasteiger charge is -2.04. The molecule has 0 aliphatic carbocycles. The van der Waals surface area contributed by atoms with Gasteiger partial charge in [0.05, 0.1) is 6.21 Å². The molecular weight excluding hydrogens is 288 g/mol. The molecule has 1 amide bonds. The number of carbonyl (C=O) groups is 1. The number of hydrogen-bond donors (Lipinski definition) is 1. The van der Waals surface area contributed by atoms with Gasteiger partial charge in [-0.05, 0) is 23.3 Å². The first kappa shape index (κ1) is 15.1. The third-order valence-corrected chi connectivity index (χ3v) is 2.93. The Bertz CT molecular complexity index is 597. The van der Waals surface area contributed by atoms with Crippen LogP contribution in [0, 0.1) is 0 Å². The molecular formula is C16H15ClN2O2. The first-order chi connectivity index (χ1) is 10.2. The van der Waals surface area contributed by atoms with Crippen LogP contribution in [0.15, 0.2) is 59.8 Å². The quantitative estimate of drug-likeness (QED) is 0.659. The lowest BCUT2D eigenvalue weighted by molar-refractivity contribution is -0.125. The summed E-state index contributed by atoms with van der Waals surface area (Å²) < 4.78 is 0. The summed E-state index contributed by atoms with van der Waals surface area (Å²) in [4.78, 5) is 16.5. The van der Waals surface area contributed by atoms with Crippen molar-refractivity contribution in [1.82, 2.24) is 5.32 Å². The van der Waals surface area contributed by atoms with Crippen LogP contribution in [0.1, 0.15) is 11.1 Å². The monoisotopic (exact) mass is 302 g/mol. The van der Waals surface area contributed by atoms with E-state index in [-0.39, 0.29) is 12.5 Å². The van der Waals surface area contributed by atoms with E-state index in [0.717, 1.165) is 11.1 Å². The third kappa shape index (κ3) is 5.67. The van der Waals surface area contributed by atoms with Gasteiger partial charge in [0.2, 0.25) is 0 Å². The van der Waals surface area contributed by atoms with Gasteiger partial charge in [-0.3, -0.25) is 4.79 Å². The van der Waals surface area contributed by atoms with Crippen molar-refractivity contribution < 1.29 is 9.63 Å². The topological polar surface area (TPSA) is 50.7 Å². The molecule has 0 unspecified atom stereocenters. The number of benzene rings is 2. The Balaban J connectivity index is 1.68. The molecule has 0 radical (unpaired) electrons. The van der Waals surface area contributed by atoms with Crippen LogP contribution in [0.3, 0.4) is 0 Å². The van der Waals surface area contributed by atoms with Crippen molar-refractivity contribution >= 4 is 23.7 Å². The zero-order valence-electron chi connectivity index (χ0n) is 11.3. The van der Waals surface area contributed by atoms with E-state index in [2.05, 4.69) is 10.5 Å². The predicted octanol–water partition coefficient (Wildman–Crippen LogP) is 3.01. The van der Waals surface area contributed by atoms with E-state index >= 15 is 0 Å². The normalized spacial score (nSPS) is 10.5. The minimum Gasteiger partial charge on any atom is -0.386 e. The Morgan fingerprint density at radius 1 is 1.14 bits per heavy atom. The molecule has 2 aromatic carbocycles. The molecule has 108 valence electrons.